The van der Waals surface area contributed by atoms with E-state index in [1.165, 1.54) is 11.8 Å². The molecule has 2 heterocycles. The summed E-state index contributed by atoms with van der Waals surface area (Å²) in [5, 5.41) is 12.0. The molecule has 0 saturated carbocycles. The molecule has 0 aliphatic carbocycles. The standard InChI is InChI=1S/C18H18N4O2S/c1-2-11-22-17(15-9-6-12-24-15)20-21-18(22)25-13-10-16(23)19-14-7-4-3-5-8-14/h2-9,12H,1,10-11,13H2,(H,19,23). The highest BCUT2D eigenvalue weighted by Crippen LogP contribution is 2.24. The number of anilines is 1. The zero-order valence-corrected chi connectivity index (χ0v) is 14.4. The third-order valence-electron chi connectivity index (χ3n) is 3.39. The summed E-state index contributed by atoms with van der Waals surface area (Å²) >= 11 is 1.48. The Labute approximate surface area is 150 Å². The first kappa shape index (κ1) is 17.0. The minimum absolute atomic E-state index is 0.0280. The van der Waals surface area contributed by atoms with Gasteiger partial charge in [0.1, 0.15) is 0 Å². The minimum atomic E-state index is -0.0280. The predicted octanol–water partition coefficient (Wildman–Crippen LogP) is 3.85. The maximum Gasteiger partial charge on any atom is 0.225 e. The van der Waals surface area contributed by atoms with E-state index in [-0.39, 0.29) is 5.91 Å². The van der Waals surface area contributed by atoms with Gasteiger partial charge in [0.25, 0.3) is 0 Å². The maximum absolute atomic E-state index is 12.0. The fourth-order valence-electron chi connectivity index (χ4n) is 2.26. The molecular weight excluding hydrogens is 336 g/mol. The number of rotatable bonds is 8. The zero-order chi connectivity index (χ0) is 17.5. The average molecular weight is 354 g/mol. The number of carbonyl (C=O) groups excluding carboxylic acids is 1. The topological polar surface area (TPSA) is 73.0 Å². The van der Waals surface area contributed by atoms with Crippen molar-refractivity contribution in [1.29, 1.82) is 0 Å². The number of furan rings is 1. The van der Waals surface area contributed by atoms with Gasteiger partial charge in [0.05, 0.1) is 6.26 Å². The van der Waals surface area contributed by atoms with Crippen molar-refractivity contribution in [2.75, 3.05) is 11.1 Å². The van der Waals surface area contributed by atoms with E-state index in [0.717, 1.165) is 10.8 Å². The lowest BCUT2D eigenvalue weighted by molar-refractivity contribution is -0.115. The van der Waals surface area contributed by atoms with Crippen molar-refractivity contribution < 1.29 is 9.21 Å². The first-order valence-corrected chi connectivity index (χ1v) is 8.82. The number of amides is 1. The number of thioether (sulfide) groups is 1. The van der Waals surface area contributed by atoms with Crippen LogP contribution in [0.15, 0.2) is 71.0 Å². The van der Waals surface area contributed by atoms with Crippen molar-refractivity contribution in [3.8, 4) is 11.6 Å². The molecule has 0 aliphatic rings. The first-order valence-electron chi connectivity index (χ1n) is 7.83. The molecule has 1 N–H and O–H groups in total. The van der Waals surface area contributed by atoms with Crippen molar-refractivity contribution in [2.45, 2.75) is 18.1 Å². The summed E-state index contributed by atoms with van der Waals surface area (Å²) in [6, 6.07) is 13.1. The lowest BCUT2D eigenvalue weighted by atomic mass is 10.3. The molecule has 3 rings (SSSR count). The van der Waals surface area contributed by atoms with E-state index in [4.69, 9.17) is 4.42 Å². The summed E-state index contributed by atoms with van der Waals surface area (Å²) in [4.78, 5) is 12.0. The van der Waals surface area contributed by atoms with Crippen molar-refractivity contribution in [3.05, 3.63) is 61.4 Å². The third-order valence-corrected chi connectivity index (χ3v) is 4.36. The van der Waals surface area contributed by atoms with E-state index in [0.29, 0.717) is 30.3 Å². The van der Waals surface area contributed by atoms with Gasteiger partial charge in [-0.25, -0.2) is 0 Å². The fourth-order valence-corrected chi connectivity index (χ4v) is 3.14. The van der Waals surface area contributed by atoms with E-state index < -0.39 is 0 Å². The summed E-state index contributed by atoms with van der Waals surface area (Å²) < 4.78 is 7.32. The Hall–Kier alpha value is -2.80. The van der Waals surface area contributed by atoms with Crippen LogP contribution in [-0.2, 0) is 11.3 Å². The van der Waals surface area contributed by atoms with Crippen molar-refractivity contribution in [1.82, 2.24) is 14.8 Å². The first-order chi connectivity index (χ1) is 12.3. The molecule has 25 heavy (non-hydrogen) atoms. The predicted molar refractivity (Wildman–Crippen MR) is 98.3 cm³/mol. The second-order valence-corrected chi connectivity index (χ2v) is 6.26. The van der Waals surface area contributed by atoms with Gasteiger partial charge in [-0.15, -0.1) is 16.8 Å². The largest absolute Gasteiger partial charge is 0.461 e. The summed E-state index contributed by atoms with van der Waals surface area (Å²) in [5.41, 5.74) is 0.799. The van der Waals surface area contributed by atoms with Gasteiger partial charge in [-0.3, -0.25) is 9.36 Å². The van der Waals surface area contributed by atoms with Crippen LogP contribution in [0.5, 0.6) is 0 Å². The van der Waals surface area contributed by atoms with Crippen LogP contribution in [0.3, 0.4) is 0 Å². The lowest BCUT2D eigenvalue weighted by Gasteiger charge is -2.07. The quantitative estimate of drug-likeness (QED) is 0.491. The molecule has 0 spiro atoms. The van der Waals surface area contributed by atoms with Crippen LogP contribution in [0, 0.1) is 0 Å². The van der Waals surface area contributed by atoms with Crippen LogP contribution in [-0.4, -0.2) is 26.4 Å². The van der Waals surface area contributed by atoms with Gasteiger partial charge in [-0.2, -0.15) is 0 Å². The Morgan fingerprint density at radius 2 is 2.08 bits per heavy atom. The van der Waals surface area contributed by atoms with Crippen LogP contribution < -0.4 is 5.32 Å². The Balaban J connectivity index is 1.59. The monoisotopic (exact) mass is 354 g/mol. The fraction of sp³-hybridized carbons (Fsp3) is 0.167. The van der Waals surface area contributed by atoms with Crippen LogP contribution in [0.25, 0.3) is 11.6 Å². The van der Waals surface area contributed by atoms with Crippen LogP contribution in [0.4, 0.5) is 5.69 Å². The van der Waals surface area contributed by atoms with Gasteiger partial charge in [-0.05, 0) is 24.3 Å². The second-order valence-electron chi connectivity index (χ2n) is 5.20. The van der Waals surface area contributed by atoms with E-state index in [1.807, 2.05) is 47.0 Å². The number of para-hydroxylation sites is 1. The molecule has 7 heteroatoms. The highest BCUT2D eigenvalue weighted by molar-refractivity contribution is 7.99. The Kier molecular flexibility index (Phi) is 5.69. The average Bonchev–Trinajstić information content (AvgIpc) is 3.26. The highest BCUT2D eigenvalue weighted by atomic mass is 32.2. The molecule has 3 aromatic rings. The van der Waals surface area contributed by atoms with Crippen LogP contribution >= 0.6 is 11.8 Å². The van der Waals surface area contributed by atoms with Gasteiger partial charge < -0.3 is 9.73 Å². The molecule has 0 aliphatic heterocycles. The Morgan fingerprint density at radius 1 is 1.24 bits per heavy atom. The smallest absolute Gasteiger partial charge is 0.225 e. The highest BCUT2D eigenvalue weighted by Gasteiger charge is 2.15. The molecule has 0 fully saturated rings. The number of carbonyl (C=O) groups is 1. The molecule has 0 unspecified atom stereocenters. The number of hydrogen-bond acceptors (Lipinski definition) is 5. The van der Waals surface area contributed by atoms with E-state index in [2.05, 4.69) is 22.1 Å². The zero-order valence-electron chi connectivity index (χ0n) is 13.6. The molecule has 128 valence electrons. The molecule has 1 amide bonds. The second kappa shape index (κ2) is 8.34. The summed E-state index contributed by atoms with van der Waals surface area (Å²) in [7, 11) is 0. The molecule has 2 aromatic heterocycles. The van der Waals surface area contributed by atoms with Gasteiger partial charge in [0.15, 0.2) is 10.9 Å². The summed E-state index contributed by atoms with van der Waals surface area (Å²) in [6.07, 6.45) is 3.77. The van der Waals surface area contributed by atoms with Gasteiger partial charge in [0, 0.05) is 24.4 Å². The molecule has 1 aromatic carbocycles. The number of allylic oxidation sites excluding steroid dienone is 1. The number of benzene rings is 1. The molecular formula is C18H18N4O2S. The SMILES string of the molecule is C=CCn1c(SCCC(=O)Nc2ccccc2)nnc1-c1ccco1. The molecule has 6 nitrogen and oxygen atoms in total. The summed E-state index contributed by atoms with van der Waals surface area (Å²) in [6.45, 7) is 4.35. The van der Waals surface area contributed by atoms with E-state index in [9.17, 15) is 4.79 Å². The minimum Gasteiger partial charge on any atom is -0.461 e. The molecule has 0 bridgehead atoms. The molecule has 0 saturated heterocycles. The van der Waals surface area contributed by atoms with Crippen molar-refractivity contribution >= 4 is 23.4 Å². The van der Waals surface area contributed by atoms with Crippen molar-refractivity contribution in [3.63, 3.8) is 0 Å². The van der Waals surface area contributed by atoms with Gasteiger partial charge >= 0.3 is 0 Å². The molecule has 0 atom stereocenters. The summed E-state index contributed by atoms with van der Waals surface area (Å²) in [5.74, 6) is 1.88. The van der Waals surface area contributed by atoms with Crippen LogP contribution in [0.2, 0.25) is 0 Å². The third kappa shape index (κ3) is 4.39. The number of aromatic nitrogens is 3. The Morgan fingerprint density at radius 3 is 2.80 bits per heavy atom. The number of nitrogens with zero attached hydrogens (tertiary/aromatic N) is 3. The van der Waals surface area contributed by atoms with Crippen molar-refractivity contribution in [2.24, 2.45) is 0 Å². The number of nitrogens with one attached hydrogen (secondary N) is 1. The van der Waals surface area contributed by atoms with E-state index >= 15 is 0 Å². The number of hydrogen-bond donors (Lipinski definition) is 1. The van der Waals surface area contributed by atoms with Gasteiger partial charge in [-0.1, -0.05) is 36.0 Å². The van der Waals surface area contributed by atoms with Gasteiger partial charge in [0.2, 0.25) is 11.7 Å². The van der Waals surface area contributed by atoms with E-state index in [1.54, 1.807) is 12.3 Å². The van der Waals surface area contributed by atoms with Crippen LogP contribution in [0.1, 0.15) is 6.42 Å². The molecule has 0 radical (unpaired) electrons. The normalized spacial score (nSPS) is 10.6. The maximum atomic E-state index is 12.0. The lowest BCUT2D eigenvalue weighted by Crippen LogP contribution is -2.12. The Bertz CT molecular complexity index is 828.